The first-order valence-electron chi connectivity index (χ1n) is 9.58. The minimum atomic E-state index is -0.725. The standard InChI is InChI=1S/C22H24ClNO5/c1-12(23)21(26)29-20-17(27-3)6-5-13-9-15-14-10-18(28-4)16(25)11-22(14,19(13)20)7-8-24(15)2/h5-6,10,14-15H,1,7-9,11H2,2-4H3/t14-,15+,22-/m1/s1. The molecule has 0 saturated carbocycles. The molecule has 0 spiro atoms. The Kier molecular flexibility index (Phi) is 4.95. The maximum Gasteiger partial charge on any atom is 0.354 e. The number of hydrogen-bond acceptors (Lipinski definition) is 6. The van der Waals surface area contributed by atoms with Crippen LogP contribution in [0.4, 0.5) is 0 Å². The SMILES string of the molecule is C=C(Cl)C(=O)Oc1c(OC)ccc2c1[C@@]13CCN(C)[C@@H](C2)[C@H]1C=C(OC)C(=O)C3. The number of esters is 1. The average molecular weight is 418 g/mol. The molecule has 1 fully saturated rings. The van der Waals surface area contributed by atoms with Crippen LogP contribution in [0.25, 0.3) is 0 Å². The van der Waals surface area contributed by atoms with E-state index in [0.717, 1.165) is 30.5 Å². The molecule has 29 heavy (non-hydrogen) atoms. The summed E-state index contributed by atoms with van der Waals surface area (Å²) in [5, 5.41) is -0.211. The van der Waals surface area contributed by atoms with Crippen molar-refractivity contribution in [2.24, 2.45) is 5.92 Å². The molecule has 1 aliphatic heterocycles. The second-order valence-corrected chi connectivity index (χ2v) is 8.40. The summed E-state index contributed by atoms with van der Waals surface area (Å²) in [5.74, 6) is 0.481. The number of Topliss-reactive ketones (excluding diaryl/α,β-unsaturated/α-hetero) is 1. The Labute approximate surface area is 175 Å². The van der Waals surface area contributed by atoms with Gasteiger partial charge in [0.1, 0.15) is 5.03 Å². The molecule has 1 heterocycles. The second kappa shape index (κ2) is 7.18. The number of carbonyl (C=O) groups is 2. The van der Waals surface area contributed by atoms with Gasteiger partial charge in [-0.2, -0.15) is 0 Å². The average Bonchev–Trinajstić information content (AvgIpc) is 2.69. The zero-order valence-corrected chi connectivity index (χ0v) is 17.5. The molecule has 0 N–H and O–H groups in total. The van der Waals surface area contributed by atoms with Crippen molar-refractivity contribution in [2.75, 3.05) is 27.8 Å². The van der Waals surface area contributed by atoms with E-state index >= 15 is 0 Å². The minimum absolute atomic E-state index is 0.0400. The van der Waals surface area contributed by atoms with Crippen LogP contribution in [0, 0.1) is 5.92 Å². The number of benzene rings is 1. The summed E-state index contributed by atoms with van der Waals surface area (Å²) in [6, 6.07) is 4.03. The van der Waals surface area contributed by atoms with Gasteiger partial charge in [-0.3, -0.25) is 4.79 Å². The van der Waals surface area contributed by atoms with Gasteiger partial charge in [0.05, 0.1) is 14.2 Å². The summed E-state index contributed by atoms with van der Waals surface area (Å²) in [6.45, 7) is 4.31. The van der Waals surface area contributed by atoms with Gasteiger partial charge in [-0.1, -0.05) is 24.2 Å². The lowest BCUT2D eigenvalue weighted by Crippen LogP contribution is -2.60. The van der Waals surface area contributed by atoms with Crippen molar-refractivity contribution < 1.29 is 23.8 Å². The molecule has 7 heteroatoms. The van der Waals surface area contributed by atoms with Gasteiger partial charge in [0.15, 0.2) is 23.0 Å². The number of likely N-dealkylation sites (tertiary alicyclic amines) is 1. The monoisotopic (exact) mass is 417 g/mol. The van der Waals surface area contributed by atoms with Crippen LogP contribution in [0.1, 0.15) is 24.0 Å². The van der Waals surface area contributed by atoms with Crippen LogP contribution >= 0.6 is 11.6 Å². The van der Waals surface area contributed by atoms with Crippen LogP contribution in [-0.4, -0.2) is 50.5 Å². The Balaban J connectivity index is 1.96. The molecule has 0 aromatic heterocycles. The largest absolute Gasteiger partial charge is 0.493 e. The van der Waals surface area contributed by atoms with E-state index in [-0.39, 0.29) is 22.8 Å². The molecule has 154 valence electrons. The maximum atomic E-state index is 12.9. The second-order valence-electron chi connectivity index (χ2n) is 7.94. The molecule has 1 saturated heterocycles. The minimum Gasteiger partial charge on any atom is -0.493 e. The number of likely N-dealkylation sites (N-methyl/N-ethyl adjacent to an activating group) is 1. The molecule has 6 nitrogen and oxygen atoms in total. The Morgan fingerprint density at radius 1 is 1.31 bits per heavy atom. The number of allylic oxidation sites excluding steroid dienone is 1. The van der Waals surface area contributed by atoms with Crippen molar-refractivity contribution in [3.8, 4) is 11.5 Å². The van der Waals surface area contributed by atoms with Crippen molar-refractivity contribution in [1.29, 1.82) is 0 Å². The lowest BCUT2D eigenvalue weighted by molar-refractivity contribution is -0.129. The number of piperidine rings is 1. The Hall–Kier alpha value is -2.31. The Morgan fingerprint density at radius 2 is 2.07 bits per heavy atom. The fourth-order valence-corrected chi connectivity index (χ4v) is 5.30. The summed E-state index contributed by atoms with van der Waals surface area (Å²) in [4.78, 5) is 27.5. The zero-order valence-electron chi connectivity index (χ0n) is 16.8. The summed E-state index contributed by atoms with van der Waals surface area (Å²) in [7, 11) is 5.16. The first-order chi connectivity index (χ1) is 13.8. The van der Waals surface area contributed by atoms with Gasteiger partial charge in [0, 0.05) is 29.4 Å². The van der Waals surface area contributed by atoms with Crippen LogP contribution in [0.15, 0.2) is 35.6 Å². The van der Waals surface area contributed by atoms with E-state index < -0.39 is 11.4 Å². The van der Waals surface area contributed by atoms with Gasteiger partial charge < -0.3 is 19.1 Å². The van der Waals surface area contributed by atoms with Crippen LogP contribution in [0.3, 0.4) is 0 Å². The molecule has 3 atom stereocenters. The number of nitrogens with zero attached hydrogens (tertiary/aromatic N) is 1. The molecule has 0 amide bonds. The molecule has 0 unspecified atom stereocenters. The van der Waals surface area contributed by atoms with E-state index in [1.807, 2.05) is 12.1 Å². The number of carbonyl (C=O) groups excluding carboxylic acids is 2. The highest BCUT2D eigenvalue weighted by molar-refractivity contribution is 6.41. The van der Waals surface area contributed by atoms with Crippen LogP contribution in [0.2, 0.25) is 0 Å². The van der Waals surface area contributed by atoms with E-state index in [9.17, 15) is 9.59 Å². The fraction of sp³-hybridized carbons (Fsp3) is 0.455. The van der Waals surface area contributed by atoms with Crippen LogP contribution in [0.5, 0.6) is 11.5 Å². The predicted octanol–water partition coefficient (Wildman–Crippen LogP) is 2.97. The van der Waals surface area contributed by atoms with E-state index in [0.29, 0.717) is 23.7 Å². The highest BCUT2D eigenvalue weighted by atomic mass is 35.5. The van der Waals surface area contributed by atoms with Gasteiger partial charge in [-0.05, 0) is 44.1 Å². The third kappa shape index (κ3) is 2.97. The molecule has 1 aromatic rings. The van der Waals surface area contributed by atoms with Gasteiger partial charge in [0.2, 0.25) is 0 Å². The fourth-order valence-electron chi connectivity index (χ4n) is 5.26. The maximum absolute atomic E-state index is 12.9. The molecule has 3 aliphatic rings. The smallest absolute Gasteiger partial charge is 0.354 e. The first kappa shape index (κ1) is 20.0. The molecule has 2 bridgehead atoms. The van der Waals surface area contributed by atoms with Crippen molar-refractivity contribution in [2.45, 2.75) is 30.7 Å². The quantitative estimate of drug-likeness (QED) is 0.426. The Morgan fingerprint density at radius 3 is 2.72 bits per heavy atom. The first-order valence-corrected chi connectivity index (χ1v) is 9.96. The predicted molar refractivity (Wildman–Crippen MR) is 108 cm³/mol. The lowest BCUT2D eigenvalue weighted by Gasteiger charge is -2.56. The number of ketones is 1. The van der Waals surface area contributed by atoms with Gasteiger partial charge in [-0.25, -0.2) is 4.79 Å². The molecule has 2 aliphatic carbocycles. The van der Waals surface area contributed by atoms with Crippen LogP contribution < -0.4 is 9.47 Å². The number of methoxy groups -OCH3 is 2. The molecular weight excluding hydrogens is 394 g/mol. The van der Waals surface area contributed by atoms with E-state index in [2.05, 4.69) is 18.5 Å². The third-order valence-corrected chi connectivity index (χ3v) is 6.76. The normalized spacial score (nSPS) is 28.0. The summed E-state index contributed by atoms with van der Waals surface area (Å²) in [6.07, 6.45) is 3.79. The summed E-state index contributed by atoms with van der Waals surface area (Å²) < 4.78 is 16.5. The highest BCUT2D eigenvalue weighted by Crippen LogP contribution is 2.58. The van der Waals surface area contributed by atoms with E-state index in [4.69, 9.17) is 25.8 Å². The number of hydrogen-bond donors (Lipinski definition) is 0. The highest BCUT2D eigenvalue weighted by Gasteiger charge is 2.56. The van der Waals surface area contributed by atoms with Crippen molar-refractivity contribution in [3.05, 3.63) is 46.7 Å². The number of rotatable bonds is 4. The number of ether oxygens (including phenoxy) is 3. The third-order valence-electron chi connectivity index (χ3n) is 6.60. The van der Waals surface area contributed by atoms with Crippen molar-refractivity contribution in [3.63, 3.8) is 0 Å². The molecule has 0 radical (unpaired) electrons. The van der Waals surface area contributed by atoms with Crippen LogP contribution in [-0.2, 0) is 26.2 Å². The van der Waals surface area contributed by atoms with Gasteiger partial charge in [-0.15, -0.1) is 0 Å². The molecule has 4 rings (SSSR count). The molecular formula is C22H24ClNO5. The number of halogens is 1. The summed E-state index contributed by atoms with van der Waals surface area (Å²) in [5.41, 5.74) is 1.45. The van der Waals surface area contributed by atoms with E-state index in [1.54, 1.807) is 6.07 Å². The van der Waals surface area contributed by atoms with Crippen molar-refractivity contribution >= 4 is 23.4 Å². The number of fused-ring (bicyclic) bond motifs is 1. The zero-order chi connectivity index (χ0) is 20.9. The lowest BCUT2D eigenvalue weighted by atomic mass is 9.53. The molecule has 1 aromatic carbocycles. The van der Waals surface area contributed by atoms with Gasteiger partial charge >= 0.3 is 5.97 Å². The van der Waals surface area contributed by atoms with Crippen molar-refractivity contribution in [1.82, 2.24) is 4.90 Å². The van der Waals surface area contributed by atoms with E-state index in [1.165, 1.54) is 14.2 Å². The summed E-state index contributed by atoms with van der Waals surface area (Å²) >= 11 is 5.78. The Bertz CT molecular complexity index is 939. The van der Waals surface area contributed by atoms with Gasteiger partial charge in [0.25, 0.3) is 0 Å². The topological polar surface area (TPSA) is 65.1 Å².